The predicted octanol–water partition coefficient (Wildman–Crippen LogP) is 4.85. The highest BCUT2D eigenvalue weighted by Gasteiger charge is 2.20. The highest BCUT2D eigenvalue weighted by Crippen LogP contribution is 2.30. The Hall–Kier alpha value is -1.67. The Kier molecular flexibility index (Phi) is 8.24. The SMILES string of the molecule is Cc1ccc(SCC(=O)N(CCN(C)C)c2nc3ccc(F)cc3s2)cc1.Cl. The third kappa shape index (κ3) is 5.91. The summed E-state index contributed by atoms with van der Waals surface area (Å²) in [5.41, 5.74) is 1.91. The van der Waals surface area contributed by atoms with E-state index in [2.05, 4.69) is 4.98 Å². The monoisotopic (exact) mass is 439 g/mol. The summed E-state index contributed by atoms with van der Waals surface area (Å²) in [6.07, 6.45) is 0. The number of carbonyl (C=O) groups is 1. The van der Waals surface area contributed by atoms with Crippen molar-refractivity contribution in [1.29, 1.82) is 0 Å². The third-order valence-corrected chi connectivity index (χ3v) is 6.06. The van der Waals surface area contributed by atoms with Crippen LogP contribution < -0.4 is 4.90 Å². The lowest BCUT2D eigenvalue weighted by Gasteiger charge is -2.21. The Morgan fingerprint density at radius 1 is 1.14 bits per heavy atom. The largest absolute Gasteiger partial charge is 0.308 e. The Balaban J connectivity index is 0.00000280. The van der Waals surface area contributed by atoms with E-state index in [1.54, 1.807) is 11.0 Å². The van der Waals surface area contributed by atoms with Crippen LogP contribution in [0.25, 0.3) is 10.2 Å². The predicted molar refractivity (Wildman–Crippen MR) is 120 cm³/mol. The Bertz CT molecular complexity index is 931. The first kappa shape index (κ1) is 22.6. The van der Waals surface area contributed by atoms with Crippen molar-refractivity contribution >= 4 is 56.8 Å². The van der Waals surface area contributed by atoms with Gasteiger partial charge in [-0.2, -0.15) is 0 Å². The fourth-order valence-corrected chi connectivity index (χ4v) is 4.29. The van der Waals surface area contributed by atoms with Gasteiger partial charge in [0.1, 0.15) is 5.82 Å². The molecule has 0 saturated carbocycles. The molecule has 1 aromatic heterocycles. The number of hydrogen-bond acceptors (Lipinski definition) is 5. The first-order chi connectivity index (χ1) is 12.9. The Morgan fingerprint density at radius 3 is 2.54 bits per heavy atom. The molecule has 0 aliphatic rings. The van der Waals surface area contributed by atoms with Crippen molar-refractivity contribution in [3.05, 3.63) is 53.8 Å². The number of amides is 1. The zero-order valence-corrected chi connectivity index (χ0v) is 18.5. The summed E-state index contributed by atoms with van der Waals surface area (Å²) in [5, 5.41) is 0.618. The Morgan fingerprint density at radius 2 is 1.86 bits per heavy atom. The molecule has 0 spiro atoms. The zero-order chi connectivity index (χ0) is 19.4. The Labute approximate surface area is 179 Å². The second-order valence-corrected chi connectivity index (χ2v) is 8.62. The lowest BCUT2D eigenvalue weighted by Crippen LogP contribution is -2.37. The van der Waals surface area contributed by atoms with E-state index >= 15 is 0 Å². The van der Waals surface area contributed by atoms with Crippen LogP contribution in [-0.4, -0.2) is 48.7 Å². The molecule has 4 nitrogen and oxygen atoms in total. The van der Waals surface area contributed by atoms with Gasteiger partial charge < -0.3 is 4.90 Å². The van der Waals surface area contributed by atoms with E-state index in [1.807, 2.05) is 50.2 Å². The van der Waals surface area contributed by atoms with Crippen molar-refractivity contribution in [2.45, 2.75) is 11.8 Å². The van der Waals surface area contributed by atoms with Crippen LogP contribution in [0.5, 0.6) is 0 Å². The fourth-order valence-electron chi connectivity index (χ4n) is 2.49. The topological polar surface area (TPSA) is 36.4 Å². The molecule has 8 heteroatoms. The molecule has 0 fully saturated rings. The number of fused-ring (bicyclic) bond motifs is 1. The van der Waals surface area contributed by atoms with E-state index in [0.29, 0.717) is 22.9 Å². The summed E-state index contributed by atoms with van der Waals surface area (Å²) in [4.78, 5) is 22.3. The van der Waals surface area contributed by atoms with Crippen molar-refractivity contribution in [2.24, 2.45) is 0 Å². The minimum absolute atomic E-state index is 0. The molecule has 1 amide bonds. The molecule has 0 aliphatic heterocycles. The molecule has 0 unspecified atom stereocenters. The maximum Gasteiger partial charge on any atom is 0.239 e. The number of hydrogen-bond donors (Lipinski definition) is 0. The first-order valence-corrected chi connectivity index (χ1v) is 10.4. The molecule has 2 aromatic carbocycles. The average molecular weight is 440 g/mol. The van der Waals surface area contributed by atoms with E-state index < -0.39 is 0 Å². The molecule has 28 heavy (non-hydrogen) atoms. The quantitative estimate of drug-likeness (QED) is 0.493. The van der Waals surface area contributed by atoms with Crippen molar-refractivity contribution in [3.8, 4) is 0 Å². The molecule has 0 saturated heterocycles. The molecular formula is C20H23ClFN3OS2. The molecular weight excluding hydrogens is 417 g/mol. The van der Waals surface area contributed by atoms with Gasteiger partial charge in [0.25, 0.3) is 0 Å². The molecule has 0 aliphatic carbocycles. The van der Waals surface area contributed by atoms with E-state index in [1.165, 1.54) is 40.8 Å². The summed E-state index contributed by atoms with van der Waals surface area (Å²) >= 11 is 2.87. The van der Waals surface area contributed by atoms with Gasteiger partial charge in [0.2, 0.25) is 5.91 Å². The van der Waals surface area contributed by atoms with Gasteiger partial charge in [-0.15, -0.1) is 24.2 Å². The molecule has 0 atom stereocenters. The number of carbonyl (C=O) groups excluding carboxylic acids is 1. The third-order valence-electron chi connectivity index (χ3n) is 4.03. The fraction of sp³-hybridized carbons (Fsp3) is 0.300. The number of aromatic nitrogens is 1. The van der Waals surface area contributed by atoms with Crippen molar-refractivity contribution < 1.29 is 9.18 Å². The summed E-state index contributed by atoms with van der Waals surface area (Å²) < 4.78 is 14.2. The van der Waals surface area contributed by atoms with Crippen LogP contribution in [0, 0.1) is 12.7 Å². The van der Waals surface area contributed by atoms with E-state index in [-0.39, 0.29) is 24.1 Å². The minimum atomic E-state index is -0.293. The molecule has 3 rings (SSSR count). The standard InChI is InChI=1S/C20H22FN3OS2.ClH/c1-14-4-7-16(8-5-14)26-13-19(25)24(11-10-23(2)3)20-22-17-9-6-15(21)12-18(17)27-20;/h4-9,12H,10-11,13H2,1-3H3;1H. The van der Waals surface area contributed by atoms with Crippen LogP contribution in [0.4, 0.5) is 9.52 Å². The zero-order valence-electron chi connectivity index (χ0n) is 16.0. The van der Waals surface area contributed by atoms with Crippen molar-refractivity contribution in [2.75, 3.05) is 37.8 Å². The van der Waals surface area contributed by atoms with Gasteiger partial charge in [-0.3, -0.25) is 9.69 Å². The maximum absolute atomic E-state index is 13.5. The molecule has 0 radical (unpaired) electrons. The highest BCUT2D eigenvalue weighted by molar-refractivity contribution is 8.00. The number of thiazole rings is 1. The van der Waals surface area contributed by atoms with E-state index in [4.69, 9.17) is 0 Å². The van der Waals surface area contributed by atoms with Gasteiger partial charge >= 0.3 is 0 Å². The number of nitrogens with zero attached hydrogens (tertiary/aromatic N) is 3. The van der Waals surface area contributed by atoms with Gasteiger partial charge in [-0.05, 0) is 51.4 Å². The number of aryl methyl sites for hydroxylation is 1. The lowest BCUT2D eigenvalue weighted by atomic mass is 10.2. The molecule has 1 heterocycles. The summed E-state index contributed by atoms with van der Waals surface area (Å²) in [6, 6.07) is 12.6. The number of likely N-dealkylation sites (N-methyl/N-ethyl adjacent to an activating group) is 1. The summed E-state index contributed by atoms with van der Waals surface area (Å²) in [7, 11) is 3.94. The normalized spacial score (nSPS) is 10.9. The second-order valence-electron chi connectivity index (χ2n) is 6.56. The van der Waals surface area contributed by atoms with Crippen LogP contribution >= 0.6 is 35.5 Å². The maximum atomic E-state index is 13.5. The van der Waals surface area contributed by atoms with Crippen LogP contribution in [0.1, 0.15) is 5.56 Å². The average Bonchev–Trinajstić information content (AvgIpc) is 3.03. The van der Waals surface area contributed by atoms with Crippen LogP contribution in [0.2, 0.25) is 0 Å². The number of rotatable bonds is 7. The molecule has 150 valence electrons. The highest BCUT2D eigenvalue weighted by atomic mass is 35.5. The van der Waals surface area contributed by atoms with Crippen LogP contribution in [-0.2, 0) is 4.79 Å². The number of anilines is 1. The van der Waals surface area contributed by atoms with Crippen molar-refractivity contribution in [1.82, 2.24) is 9.88 Å². The smallest absolute Gasteiger partial charge is 0.239 e. The van der Waals surface area contributed by atoms with Gasteiger partial charge in [0.15, 0.2) is 5.13 Å². The number of halogens is 2. The molecule has 0 N–H and O–H groups in total. The molecule has 3 aromatic rings. The van der Waals surface area contributed by atoms with Crippen LogP contribution in [0.3, 0.4) is 0 Å². The summed E-state index contributed by atoms with van der Waals surface area (Å²) in [5.74, 6) is 0.0431. The van der Waals surface area contributed by atoms with Gasteiger partial charge in [0.05, 0.1) is 16.0 Å². The molecule has 0 bridgehead atoms. The van der Waals surface area contributed by atoms with Crippen molar-refractivity contribution in [3.63, 3.8) is 0 Å². The number of benzene rings is 2. The first-order valence-electron chi connectivity index (χ1n) is 8.63. The lowest BCUT2D eigenvalue weighted by molar-refractivity contribution is -0.116. The number of thioether (sulfide) groups is 1. The minimum Gasteiger partial charge on any atom is -0.308 e. The summed E-state index contributed by atoms with van der Waals surface area (Å²) in [6.45, 7) is 3.31. The van der Waals surface area contributed by atoms with Gasteiger partial charge in [0, 0.05) is 18.0 Å². The van der Waals surface area contributed by atoms with Crippen LogP contribution in [0.15, 0.2) is 47.4 Å². The van der Waals surface area contributed by atoms with Gasteiger partial charge in [-0.1, -0.05) is 29.0 Å². The second kappa shape index (κ2) is 10.2. The van der Waals surface area contributed by atoms with E-state index in [9.17, 15) is 9.18 Å². The van der Waals surface area contributed by atoms with Gasteiger partial charge in [-0.25, -0.2) is 9.37 Å². The van der Waals surface area contributed by atoms with E-state index in [0.717, 1.165) is 16.1 Å².